The molecule has 0 heterocycles. The Balaban J connectivity index is 2.13. The maximum atomic E-state index is 11.9. The molecule has 108 valence electrons. The lowest BCUT2D eigenvalue weighted by molar-refractivity contribution is -0.112. The van der Waals surface area contributed by atoms with Crippen molar-refractivity contribution in [3.05, 3.63) is 53.1 Å². The molecular formula is C16H15NO4. The molecule has 1 aliphatic carbocycles. The van der Waals surface area contributed by atoms with Crippen LogP contribution in [0, 0.1) is 0 Å². The number of ether oxygens (including phenoxy) is 1. The first kappa shape index (κ1) is 14.7. The molecule has 0 fully saturated rings. The Morgan fingerprint density at radius 1 is 1.14 bits per heavy atom. The van der Waals surface area contributed by atoms with E-state index in [0.717, 1.165) is 0 Å². The van der Waals surface area contributed by atoms with Gasteiger partial charge in [-0.1, -0.05) is 11.2 Å². The lowest BCUT2D eigenvalue weighted by Gasteiger charge is -2.08. The molecule has 0 N–H and O–H groups in total. The zero-order valence-electron chi connectivity index (χ0n) is 12.0. The van der Waals surface area contributed by atoms with Crippen LogP contribution >= 0.6 is 0 Å². The fourth-order valence-electron chi connectivity index (χ4n) is 1.88. The number of hydrogen-bond acceptors (Lipinski definition) is 5. The van der Waals surface area contributed by atoms with Gasteiger partial charge in [0.25, 0.3) is 0 Å². The van der Waals surface area contributed by atoms with Gasteiger partial charge in [-0.05, 0) is 55.3 Å². The first-order chi connectivity index (χ1) is 10.0. The molecule has 21 heavy (non-hydrogen) atoms. The van der Waals surface area contributed by atoms with Crippen molar-refractivity contribution in [2.45, 2.75) is 13.8 Å². The first-order valence-electron chi connectivity index (χ1n) is 6.36. The van der Waals surface area contributed by atoms with E-state index in [1.807, 2.05) is 0 Å². The first-order valence-corrected chi connectivity index (χ1v) is 6.36. The number of Topliss-reactive ketones (excluding diaryl/α,β-unsaturated/α-hetero) is 1. The Labute approximate surface area is 122 Å². The average Bonchev–Trinajstić information content (AvgIpc) is 2.50. The van der Waals surface area contributed by atoms with Crippen LogP contribution in [0.1, 0.15) is 24.2 Å². The van der Waals surface area contributed by atoms with E-state index < -0.39 is 5.97 Å². The van der Waals surface area contributed by atoms with E-state index in [4.69, 9.17) is 9.57 Å². The van der Waals surface area contributed by atoms with Gasteiger partial charge in [0, 0.05) is 0 Å². The van der Waals surface area contributed by atoms with Gasteiger partial charge in [0.1, 0.15) is 11.5 Å². The van der Waals surface area contributed by atoms with E-state index >= 15 is 0 Å². The fourth-order valence-corrected chi connectivity index (χ4v) is 1.88. The van der Waals surface area contributed by atoms with Crippen molar-refractivity contribution < 1.29 is 19.2 Å². The number of oxime groups is 1. The van der Waals surface area contributed by atoms with Crippen molar-refractivity contribution in [2.24, 2.45) is 5.16 Å². The predicted molar refractivity (Wildman–Crippen MR) is 78.4 cm³/mol. The summed E-state index contributed by atoms with van der Waals surface area (Å²) in [4.78, 5) is 28.4. The number of hydrogen-bond donors (Lipinski definition) is 0. The maximum Gasteiger partial charge on any atom is 0.365 e. The minimum absolute atomic E-state index is 0.0342. The van der Waals surface area contributed by atoms with Gasteiger partial charge in [-0.3, -0.25) is 4.79 Å². The van der Waals surface area contributed by atoms with Crippen LogP contribution in [0.2, 0.25) is 0 Å². The SMILES string of the molecule is COc1cccc(C(=O)ON=C2C=C(C)C(=O)C(C)=C2)c1. The molecule has 0 unspecified atom stereocenters. The third-order valence-electron chi connectivity index (χ3n) is 2.98. The Bertz CT molecular complexity index is 659. The quantitative estimate of drug-likeness (QED) is 0.486. The fraction of sp³-hybridized carbons (Fsp3) is 0.188. The molecule has 0 bridgehead atoms. The number of benzene rings is 1. The third-order valence-corrected chi connectivity index (χ3v) is 2.98. The number of nitrogens with zero attached hydrogens (tertiary/aromatic N) is 1. The van der Waals surface area contributed by atoms with Crippen LogP contribution in [0.25, 0.3) is 0 Å². The van der Waals surface area contributed by atoms with Crippen molar-refractivity contribution >= 4 is 17.5 Å². The summed E-state index contributed by atoms with van der Waals surface area (Å²) < 4.78 is 5.04. The van der Waals surface area contributed by atoms with E-state index in [2.05, 4.69) is 5.16 Å². The molecule has 1 aromatic rings. The Morgan fingerprint density at radius 2 is 1.81 bits per heavy atom. The molecule has 0 aromatic heterocycles. The van der Waals surface area contributed by atoms with Gasteiger partial charge in [0.15, 0.2) is 5.78 Å². The van der Waals surface area contributed by atoms with Crippen LogP contribution in [0.3, 0.4) is 0 Å². The number of allylic oxidation sites excluding steroid dienone is 4. The molecule has 0 radical (unpaired) electrons. The molecule has 0 amide bonds. The lowest BCUT2D eigenvalue weighted by Crippen LogP contribution is -2.11. The average molecular weight is 285 g/mol. The van der Waals surface area contributed by atoms with Gasteiger partial charge in [-0.2, -0.15) is 0 Å². The number of rotatable bonds is 3. The highest BCUT2D eigenvalue weighted by molar-refractivity contribution is 6.21. The normalized spacial score (nSPS) is 14.2. The standard InChI is InChI=1S/C16H15NO4/c1-10-7-13(8-11(2)15(10)18)17-21-16(19)12-5-4-6-14(9-12)20-3/h4-9H,1-3H3. The van der Waals surface area contributed by atoms with Crippen LogP contribution in [0.5, 0.6) is 5.75 Å². The summed E-state index contributed by atoms with van der Waals surface area (Å²) in [7, 11) is 1.52. The summed E-state index contributed by atoms with van der Waals surface area (Å²) in [6.45, 7) is 3.39. The predicted octanol–water partition coefficient (Wildman–Crippen LogP) is 2.68. The monoisotopic (exact) mass is 285 g/mol. The van der Waals surface area contributed by atoms with Gasteiger partial charge < -0.3 is 9.57 Å². The summed E-state index contributed by atoms with van der Waals surface area (Å²) in [6, 6.07) is 6.59. The lowest BCUT2D eigenvalue weighted by atomic mass is 9.98. The second-order valence-corrected chi connectivity index (χ2v) is 4.61. The molecule has 2 rings (SSSR count). The summed E-state index contributed by atoms with van der Waals surface area (Å²) in [6.07, 6.45) is 3.16. The molecule has 1 aliphatic rings. The smallest absolute Gasteiger partial charge is 0.365 e. The molecule has 5 heteroatoms. The minimum atomic E-state index is -0.588. The summed E-state index contributed by atoms with van der Waals surface area (Å²) in [5, 5.41) is 3.77. The minimum Gasteiger partial charge on any atom is -0.497 e. The van der Waals surface area contributed by atoms with Crippen molar-refractivity contribution in [3.8, 4) is 5.75 Å². The number of carbonyl (C=O) groups excluding carboxylic acids is 2. The Hall–Kier alpha value is -2.69. The summed E-state index contributed by atoms with van der Waals surface area (Å²) in [5.41, 5.74) is 1.89. The molecule has 0 aliphatic heterocycles. The number of ketones is 1. The van der Waals surface area contributed by atoms with Crippen LogP contribution in [-0.2, 0) is 9.63 Å². The second-order valence-electron chi connectivity index (χ2n) is 4.61. The van der Waals surface area contributed by atoms with Gasteiger partial charge >= 0.3 is 5.97 Å². The highest BCUT2D eigenvalue weighted by Gasteiger charge is 2.15. The highest BCUT2D eigenvalue weighted by Crippen LogP contribution is 2.15. The second kappa shape index (κ2) is 6.17. The summed E-state index contributed by atoms with van der Waals surface area (Å²) >= 11 is 0. The van der Waals surface area contributed by atoms with E-state index in [0.29, 0.717) is 28.2 Å². The molecule has 0 spiro atoms. The van der Waals surface area contributed by atoms with Crippen LogP contribution in [-0.4, -0.2) is 24.6 Å². The van der Waals surface area contributed by atoms with Crippen LogP contribution < -0.4 is 4.74 Å². The van der Waals surface area contributed by atoms with Gasteiger partial charge in [0.05, 0.1) is 12.7 Å². The Morgan fingerprint density at radius 3 is 2.43 bits per heavy atom. The summed E-state index contributed by atoms with van der Waals surface area (Å²) in [5.74, 6) is -0.0599. The molecule has 1 aromatic carbocycles. The molecule has 0 atom stereocenters. The van der Waals surface area contributed by atoms with Crippen LogP contribution in [0.15, 0.2) is 52.7 Å². The largest absolute Gasteiger partial charge is 0.497 e. The molecular weight excluding hydrogens is 270 g/mol. The van der Waals surface area contributed by atoms with E-state index in [1.165, 1.54) is 7.11 Å². The van der Waals surface area contributed by atoms with Gasteiger partial charge in [0.2, 0.25) is 0 Å². The topological polar surface area (TPSA) is 65.0 Å². The van der Waals surface area contributed by atoms with Gasteiger partial charge in [-0.15, -0.1) is 0 Å². The van der Waals surface area contributed by atoms with Crippen molar-refractivity contribution in [1.82, 2.24) is 0 Å². The van der Waals surface area contributed by atoms with Crippen molar-refractivity contribution in [3.63, 3.8) is 0 Å². The zero-order chi connectivity index (χ0) is 15.4. The molecule has 0 saturated carbocycles. The van der Waals surface area contributed by atoms with Crippen molar-refractivity contribution in [1.29, 1.82) is 0 Å². The molecule has 5 nitrogen and oxygen atoms in total. The highest BCUT2D eigenvalue weighted by atomic mass is 16.7. The number of carbonyl (C=O) groups is 2. The maximum absolute atomic E-state index is 11.9. The van der Waals surface area contributed by atoms with Crippen LogP contribution in [0.4, 0.5) is 0 Å². The van der Waals surface area contributed by atoms with Crippen molar-refractivity contribution in [2.75, 3.05) is 7.11 Å². The number of methoxy groups -OCH3 is 1. The van der Waals surface area contributed by atoms with E-state index in [-0.39, 0.29) is 5.78 Å². The zero-order valence-corrected chi connectivity index (χ0v) is 12.0. The molecule has 0 saturated heterocycles. The Kier molecular flexibility index (Phi) is 4.33. The van der Waals surface area contributed by atoms with E-state index in [9.17, 15) is 9.59 Å². The third kappa shape index (κ3) is 3.45. The van der Waals surface area contributed by atoms with E-state index in [1.54, 1.807) is 50.3 Å². The van der Waals surface area contributed by atoms with Gasteiger partial charge in [-0.25, -0.2) is 4.79 Å².